The lowest BCUT2D eigenvalue weighted by atomic mass is 10.1. The fourth-order valence-electron chi connectivity index (χ4n) is 1.43. The molecule has 106 valence electrons. The van der Waals surface area contributed by atoms with Gasteiger partial charge in [-0.05, 0) is 5.92 Å². The third kappa shape index (κ3) is 4.36. The van der Waals surface area contributed by atoms with E-state index >= 15 is 0 Å². The number of carbonyl (C=O) groups excluding carboxylic acids is 1. The van der Waals surface area contributed by atoms with Crippen molar-refractivity contribution in [2.24, 2.45) is 0 Å². The summed E-state index contributed by atoms with van der Waals surface area (Å²) in [6.07, 6.45) is 0. The van der Waals surface area contributed by atoms with E-state index in [1.807, 2.05) is 13.8 Å². The molecule has 0 fully saturated rings. The third-order valence-electron chi connectivity index (χ3n) is 2.51. The molecule has 7 nitrogen and oxygen atoms in total. The number of aliphatic carboxylic acids is 1. The molecule has 1 heterocycles. The SMILES string of the molecule is COCCN(CC(=O)O)C(=O)c1cc(C(C)C)no1. The second-order valence-corrected chi connectivity index (χ2v) is 4.38. The van der Waals surface area contributed by atoms with Crippen molar-refractivity contribution in [2.75, 3.05) is 26.8 Å². The number of hydrogen-bond acceptors (Lipinski definition) is 5. The van der Waals surface area contributed by atoms with Crippen LogP contribution in [-0.4, -0.2) is 53.8 Å². The van der Waals surface area contributed by atoms with Gasteiger partial charge in [-0.3, -0.25) is 9.59 Å². The average Bonchev–Trinajstić information content (AvgIpc) is 2.82. The maximum absolute atomic E-state index is 12.1. The monoisotopic (exact) mass is 270 g/mol. The summed E-state index contributed by atoms with van der Waals surface area (Å²) in [6, 6.07) is 1.54. The molecule has 0 atom stereocenters. The summed E-state index contributed by atoms with van der Waals surface area (Å²) in [5.74, 6) is -1.41. The van der Waals surface area contributed by atoms with E-state index in [9.17, 15) is 9.59 Å². The molecule has 1 amide bonds. The topological polar surface area (TPSA) is 92.9 Å². The van der Waals surface area contributed by atoms with Gasteiger partial charge in [0.15, 0.2) is 0 Å². The van der Waals surface area contributed by atoms with Crippen molar-refractivity contribution >= 4 is 11.9 Å². The normalized spacial score (nSPS) is 10.7. The summed E-state index contributed by atoms with van der Waals surface area (Å²) < 4.78 is 9.81. The molecule has 0 aromatic carbocycles. The van der Waals surface area contributed by atoms with E-state index in [2.05, 4.69) is 5.16 Å². The van der Waals surface area contributed by atoms with Crippen LogP contribution in [0, 0.1) is 0 Å². The van der Waals surface area contributed by atoms with Gasteiger partial charge in [0, 0.05) is 19.7 Å². The zero-order chi connectivity index (χ0) is 14.4. The molecule has 1 aromatic rings. The molecule has 0 aliphatic heterocycles. The summed E-state index contributed by atoms with van der Waals surface area (Å²) in [4.78, 5) is 24.0. The van der Waals surface area contributed by atoms with Crippen LogP contribution in [0.4, 0.5) is 0 Å². The lowest BCUT2D eigenvalue weighted by Crippen LogP contribution is -2.37. The molecular weight excluding hydrogens is 252 g/mol. The van der Waals surface area contributed by atoms with Crippen molar-refractivity contribution in [3.05, 3.63) is 17.5 Å². The minimum atomic E-state index is -1.09. The van der Waals surface area contributed by atoms with Crippen molar-refractivity contribution in [1.82, 2.24) is 10.1 Å². The molecule has 1 rings (SSSR count). The molecule has 0 aliphatic rings. The number of carbonyl (C=O) groups is 2. The molecule has 0 unspecified atom stereocenters. The molecular formula is C12H18N2O5. The van der Waals surface area contributed by atoms with Gasteiger partial charge < -0.3 is 19.3 Å². The number of rotatable bonds is 7. The van der Waals surface area contributed by atoms with Crippen LogP contribution in [0.1, 0.15) is 36.0 Å². The molecule has 1 N–H and O–H groups in total. The Balaban J connectivity index is 2.81. The standard InChI is InChI=1S/C12H18N2O5/c1-8(2)9-6-10(19-13-9)12(17)14(4-5-18-3)7-11(15)16/h6,8H,4-5,7H2,1-3H3,(H,15,16). The van der Waals surface area contributed by atoms with Gasteiger partial charge in [-0.2, -0.15) is 0 Å². The number of carboxylic acid groups (broad SMARTS) is 1. The maximum atomic E-state index is 12.1. The summed E-state index contributed by atoms with van der Waals surface area (Å²) in [7, 11) is 1.48. The second-order valence-electron chi connectivity index (χ2n) is 4.38. The van der Waals surface area contributed by atoms with E-state index in [1.54, 1.807) is 0 Å². The number of methoxy groups -OCH3 is 1. The first-order valence-corrected chi connectivity index (χ1v) is 5.92. The number of aromatic nitrogens is 1. The van der Waals surface area contributed by atoms with Gasteiger partial charge in [-0.15, -0.1) is 0 Å². The summed E-state index contributed by atoms with van der Waals surface area (Å²) in [5.41, 5.74) is 0.658. The highest BCUT2D eigenvalue weighted by Gasteiger charge is 2.22. The molecule has 0 aliphatic carbocycles. The summed E-state index contributed by atoms with van der Waals surface area (Å²) in [5, 5.41) is 12.6. The largest absolute Gasteiger partial charge is 0.480 e. The van der Waals surface area contributed by atoms with Crippen molar-refractivity contribution in [2.45, 2.75) is 19.8 Å². The Kier molecular flexibility index (Phi) is 5.50. The molecule has 7 heteroatoms. The van der Waals surface area contributed by atoms with Gasteiger partial charge in [0.25, 0.3) is 5.91 Å². The molecule has 19 heavy (non-hydrogen) atoms. The first-order valence-electron chi connectivity index (χ1n) is 5.92. The van der Waals surface area contributed by atoms with Gasteiger partial charge in [0.05, 0.1) is 12.3 Å². The molecule has 0 spiro atoms. The third-order valence-corrected chi connectivity index (χ3v) is 2.51. The van der Waals surface area contributed by atoms with Crippen molar-refractivity contribution in [3.8, 4) is 0 Å². The molecule has 0 bridgehead atoms. The van der Waals surface area contributed by atoms with Gasteiger partial charge >= 0.3 is 5.97 Å². The predicted molar refractivity (Wildman–Crippen MR) is 66.0 cm³/mol. The van der Waals surface area contributed by atoms with Crippen LogP contribution in [0.5, 0.6) is 0 Å². The van der Waals surface area contributed by atoms with Crippen LogP contribution in [0.2, 0.25) is 0 Å². The zero-order valence-corrected chi connectivity index (χ0v) is 11.3. The Bertz CT molecular complexity index is 441. The van der Waals surface area contributed by atoms with Crippen LogP contribution in [-0.2, 0) is 9.53 Å². The van der Waals surface area contributed by atoms with Crippen LogP contribution >= 0.6 is 0 Å². The molecule has 1 aromatic heterocycles. The highest BCUT2D eigenvalue weighted by molar-refractivity contribution is 5.93. The molecule has 0 saturated heterocycles. The van der Waals surface area contributed by atoms with E-state index < -0.39 is 18.4 Å². The fraction of sp³-hybridized carbons (Fsp3) is 0.583. The van der Waals surface area contributed by atoms with Crippen LogP contribution < -0.4 is 0 Å². The highest BCUT2D eigenvalue weighted by atomic mass is 16.5. The summed E-state index contributed by atoms with van der Waals surface area (Å²) in [6.45, 7) is 3.88. The molecule has 0 radical (unpaired) electrons. The second kappa shape index (κ2) is 6.89. The van der Waals surface area contributed by atoms with Gasteiger partial charge in [0.1, 0.15) is 6.54 Å². The van der Waals surface area contributed by atoms with Gasteiger partial charge in [-0.25, -0.2) is 0 Å². The predicted octanol–water partition coefficient (Wildman–Crippen LogP) is 0.971. The van der Waals surface area contributed by atoms with Crippen molar-refractivity contribution in [3.63, 3.8) is 0 Å². The quantitative estimate of drug-likeness (QED) is 0.793. The van der Waals surface area contributed by atoms with E-state index in [4.69, 9.17) is 14.4 Å². The Labute approximate surface area is 111 Å². The van der Waals surface area contributed by atoms with E-state index in [0.717, 1.165) is 4.90 Å². The number of hydrogen-bond donors (Lipinski definition) is 1. The Morgan fingerprint density at radius 3 is 2.68 bits per heavy atom. The Morgan fingerprint density at radius 2 is 2.21 bits per heavy atom. The Morgan fingerprint density at radius 1 is 1.53 bits per heavy atom. The fourth-order valence-corrected chi connectivity index (χ4v) is 1.43. The minimum Gasteiger partial charge on any atom is -0.480 e. The van der Waals surface area contributed by atoms with Crippen LogP contribution in [0.15, 0.2) is 10.6 Å². The first-order chi connectivity index (χ1) is 8.95. The van der Waals surface area contributed by atoms with E-state index in [1.165, 1.54) is 13.2 Å². The maximum Gasteiger partial charge on any atom is 0.323 e. The molecule has 0 saturated carbocycles. The number of ether oxygens (including phenoxy) is 1. The van der Waals surface area contributed by atoms with Gasteiger partial charge in [-0.1, -0.05) is 19.0 Å². The van der Waals surface area contributed by atoms with Crippen LogP contribution in [0.25, 0.3) is 0 Å². The van der Waals surface area contributed by atoms with E-state index in [0.29, 0.717) is 5.69 Å². The Hall–Kier alpha value is -1.89. The lowest BCUT2D eigenvalue weighted by Gasteiger charge is -2.18. The van der Waals surface area contributed by atoms with E-state index in [-0.39, 0.29) is 24.8 Å². The number of amides is 1. The van der Waals surface area contributed by atoms with Crippen molar-refractivity contribution in [1.29, 1.82) is 0 Å². The van der Waals surface area contributed by atoms with Gasteiger partial charge in [0.2, 0.25) is 5.76 Å². The summed E-state index contributed by atoms with van der Waals surface area (Å²) >= 11 is 0. The van der Waals surface area contributed by atoms with Crippen molar-refractivity contribution < 1.29 is 24.0 Å². The minimum absolute atomic E-state index is 0.0426. The number of nitrogens with zero attached hydrogens (tertiary/aromatic N) is 2. The smallest absolute Gasteiger partial charge is 0.323 e. The lowest BCUT2D eigenvalue weighted by molar-refractivity contribution is -0.137. The van der Waals surface area contributed by atoms with Crippen LogP contribution in [0.3, 0.4) is 0 Å². The average molecular weight is 270 g/mol. The first kappa shape index (κ1) is 15.2. The number of carboxylic acids is 1. The zero-order valence-electron chi connectivity index (χ0n) is 11.3. The highest BCUT2D eigenvalue weighted by Crippen LogP contribution is 2.15.